The largest absolute Gasteiger partial charge is 0.504 e. The maximum absolute atomic E-state index is 12.2. The second kappa shape index (κ2) is 11.8. The van der Waals surface area contributed by atoms with E-state index in [0.29, 0.717) is 11.1 Å². The summed E-state index contributed by atoms with van der Waals surface area (Å²) in [5.74, 6) is -0.736. The molecule has 0 amide bonds. The number of rotatable bonds is 12. The molecule has 0 aliphatic heterocycles. The standard InChI is InChI=1S/C24H26O9/c1-29-22-13-16(7-11-20(22)27)5-9-18(25)15-19(26)10-6-17-8-12-21(28)23(14-17)33-24(30-2,31-3)32-4/h5-14,27-28H,15H2,1-4H3/b9-5+,10-6+. The van der Waals surface area contributed by atoms with Gasteiger partial charge in [0.2, 0.25) is 0 Å². The van der Waals surface area contributed by atoms with Crippen molar-refractivity contribution in [1.29, 1.82) is 0 Å². The van der Waals surface area contributed by atoms with Crippen molar-refractivity contribution in [2.24, 2.45) is 0 Å². The van der Waals surface area contributed by atoms with Crippen molar-refractivity contribution < 1.29 is 43.5 Å². The van der Waals surface area contributed by atoms with E-state index in [4.69, 9.17) is 23.7 Å². The second-order valence-electron chi connectivity index (χ2n) is 6.65. The van der Waals surface area contributed by atoms with Gasteiger partial charge in [-0.2, -0.15) is 0 Å². The van der Waals surface area contributed by atoms with E-state index in [9.17, 15) is 19.8 Å². The minimum absolute atomic E-state index is 0.00140. The van der Waals surface area contributed by atoms with Crippen LogP contribution in [-0.2, 0) is 23.8 Å². The Morgan fingerprint density at radius 1 is 0.788 bits per heavy atom. The zero-order chi connectivity index (χ0) is 24.4. The number of benzene rings is 2. The van der Waals surface area contributed by atoms with Crippen LogP contribution in [0.4, 0.5) is 0 Å². The molecule has 0 aromatic heterocycles. The lowest BCUT2D eigenvalue weighted by molar-refractivity contribution is -0.448. The van der Waals surface area contributed by atoms with Crippen LogP contribution in [0.15, 0.2) is 48.6 Å². The Hall–Kier alpha value is -3.66. The molecule has 9 nitrogen and oxygen atoms in total. The molecule has 0 aliphatic rings. The quantitative estimate of drug-likeness (QED) is 0.280. The van der Waals surface area contributed by atoms with Crippen molar-refractivity contribution in [2.75, 3.05) is 28.4 Å². The highest BCUT2D eigenvalue weighted by molar-refractivity contribution is 6.10. The molecular formula is C24H26O9. The minimum Gasteiger partial charge on any atom is -0.504 e. The Morgan fingerprint density at radius 2 is 1.24 bits per heavy atom. The molecule has 0 fully saturated rings. The van der Waals surface area contributed by atoms with E-state index >= 15 is 0 Å². The number of aromatic hydroxyl groups is 2. The van der Waals surface area contributed by atoms with Crippen LogP contribution in [0.5, 0.6) is 23.0 Å². The summed E-state index contributed by atoms with van der Waals surface area (Å²) in [5.41, 5.74) is 1.16. The van der Waals surface area contributed by atoms with Crippen molar-refractivity contribution in [2.45, 2.75) is 12.6 Å². The average molecular weight is 458 g/mol. The molecule has 0 saturated carbocycles. The van der Waals surface area contributed by atoms with Crippen LogP contribution in [-0.4, -0.2) is 56.4 Å². The molecule has 2 aromatic rings. The fraction of sp³-hybridized carbons (Fsp3) is 0.250. The molecule has 0 atom stereocenters. The summed E-state index contributed by atoms with van der Waals surface area (Å²) in [6.07, 6.45) is 3.36. The molecule has 9 heteroatoms. The number of ketones is 2. The maximum atomic E-state index is 12.2. The third-order valence-electron chi connectivity index (χ3n) is 4.44. The van der Waals surface area contributed by atoms with Gasteiger partial charge in [-0.1, -0.05) is 24.3 Å². The smallest absolute Gasteiger partial charge is 0.460 e. The van der Waals surface area contributed by atoms with Crippen molar-refractivity contribution in [3.05, 3.63) is 59.7 Å². The van der Waals surface area contributed by atoms with Crippen LogP contribution in [0.1, 0.15) is 17.5 Å². The summed E-state index contributed by atoms with van der Waals surface area (Å²) >= 11 is 0. The Bertz CT molecular complexity index is 1030. The molecule has 0 bridgehead atoms. The molecule has 0 spiro atoms. The molecular weight excluding hydrogens is 432 g/mol. The topological polar surface area (TPSA) is 121 Å². The van der Waals surface area contributed by atoms with Gasteiger partial charge < -0.3 is 19.7 Å². The van der Waals surface area contributed by atoms with E-state index in [2.05, 4.69) is 0 Å². The summed E-state index contributed by atoms with van der Waals surface area (Å²) in [4.78, 5) is 24.3. The van der Waals surface area contributed by atoms with Gasteiger partial charge in [-0.25, -0.2) is 0 Å². The molecule has 176 valence electrons. The molecule has 2 rings (SSSR count). The van der Waals surface area contributed by atoms with E-state index in [0.717, 1.165) is 0 Å². The Kier molecular flexibility index (Phi) is 9.17. The third-order valence-corrected chi connectivity index (χ3v) is 4.44. The number of carbonyl (C=O) groups is 2. The van der Waals surface area contributed by atoms with Crippen molar-refractivity contribution in [3.63, 3.8) is 0 Å². The number of phenolic OH excluding ortho intramolecular Hbond substituents is 2. The molecule has 0 aliphatic carbocycles. The zero-order valence-electron chi connectivity index (χ0n) is 18.7. The lowest BCUT2D eigenvalue weighted by Gasteiger charge is -2.28. The molecule has 0 saturated heterocycles. The Balaban J connectivity index is 2.03. The number of hydrogen-bond donors (Lipinski definition) is 2. The summed E-state index contributed by atoms with van der Waals surface area (Å²) in [6, 6.07) is 8.99. The zero-order valence-corrected chi connectivity index (χ0v) is 18.7. The van der Waals surface area contributed by atoms with Gasteiger partial charge in [0.1, 0.15) is 0 Å². The van der Waals surface area contributed by atoms with E-state index < -0.39 is 17.7 Å². The summed E-state index contributed by atoms with van der Waals surface area (Å²) < 4.78 is 25.6. The van der Waals surface area contributed by atoms with Crippen LogP contribution < -0.4 is 9.47 Å². The van der Waals surface area contributed by atoms with Gasteiger partial charge >= 0.3 is 6.16 Å². The number of methoxy groups -OCH3 is 4. The summed E-state index contributed by atoms with van der Waals surface area (Å²) in [6.45, 7) is 0. The fourth-order valence-electron chi connectivity index (χ4n) is 2.69. The highest BCUT2D eigenvalue weighted by atomic mass is 17.0. The first-order chi connectivity index (χ1) is 15.8. The predicted octanol–water partition coefficient (Wildman–Crippen LogP) is 3.29. The maximum Gasteiger partial charge on any atom is 0.460 e. The normalized spacial score (nSPS) is 11.8. The predicted molar refractivity (Wildman–Crippen MR) is 120 cm³/mol. The third kappa shape index (κ3) is 7.18. The molecule has 0 heterocycles. The number of phenols is 2. The van der Waals surface area contributed by atoms with Crippen LogP contribution in [0.2, 0.25) is 0 Å². The molecule has 33 heavy (non-hydrogen) atoms. The van der Waals surface area contributed by atoms with Crippen LogP contribution in [0.3, 0.4) is 0 Å². The van der Waals surface area contributed by atoms with Gasteiger partial charge in [0.25, 0.3) is 0 Å². The van der Waals surface area contributed by atoms with Gasteiger partial charge in [0.15, 0.2) is 34.6 Å². The highest BCUT2D eigenvalue weighted by Crippen LogP contribution is 2.31. The van der Waals surface area contributed by atoms with Crippen LogP contribution in [0, 0.1) is 0 Å². The van der Waals surface area contributed by atoms with E-state index in [1.807, 2.05) is 0 Å². The number of hydrogen-bond acceptors (Lipinski definition) is 9. The second-order valence-corrected chi connectivity index (χ2v) is 6.65. The van der Waals surface area contributed by atoms with Crippen LogP contribution >= 0.6 is 0 Å². The van der Waals surface area contributed by atoms with Gasteiger partial charge in [0, 0.05) is 21.3 Å². The van der Waals surface area contributed by atoms with Gasteiger partial charge in [-0.15, -0.1) is 0 Å². The number of carbonyl (C=O) groups excluding carboxylic acids is 2. The van der Waals surface area contributed by atoms with E-state index in [1.54, 1.807) is 18.2 Å². The highest BCUT2D eigenvalue weighted by Gasteiger charge is 2.34. The van der Waals surface area contributed by atoms with Gasteiger partial charge in [0.05, 0.1) is 13.5 Å². The lowest BCUT2D eigenvalue weighted by atomic mass is 10.1. The Morgan fingerprint density at radius 3 is 1.70 bits per heavy atom. The van der Waals surface area contributed by atoms with Crippen molar-refractivity contribution >= 4 is 23.7 Å². The lowest BCUT2D eigenvalue weighted by Crippen LogP contribution is -2.42. The van der Waals surface area contributed by atoms with Crippen molar-refractivity contribution in [1.82, 2.24) is 0 Å². The summed E-state index contributed by atoms with van der Waals surface area (Å²) in [7, 11) is 5.33. The monoisotopic (exact) mass is 458 g/mol. The van der Waals surface area contributed by atoms with Crippen molar-refractivity contribution in [3.8, 4) is 23.0 Å². The Labute approximate surface area is 191 Å². The molecule has 2 N–H and O–H groups in total. The molecule has 0 unspecified atom stereocenters. The van der Waals surface area contributed by atoms with Gasteiger partial charge in [-0.3, -0.25) is 23.8 Å². The number of ether oxygens (including phenoxy) is 5. The number of allylic oxidation sites excluding steroid dienone is 2. The first-order valence-electron chi connectivity index (χ1n) is 9.72. The van der Waals surface area contributed by atoms with Crippen LogP contribution in [0.25, 0.3) is 12.2 Å². The average Bonchev–Trinajstić information content (AvgIpc) is 2.82. The summed E-state index contributed by atoms with van der Waals surface area (Å²) in [5, 5.41) is 19.6. The molecule has 0 radical (unpaired) electrons. The van der Waals surface area contributed by atoms with Gasteiger partial charge in [-0.05, 0) is 47.5 Å². The van der Waals surface area contributed by atoms with E-state index in [-0.39, 0.29) is 29.4 Å². The van der Waals surface area contributed by atoms with E-state index in [1.165, 1.54) is 70.9 Å². The fourth-order valence-corrected chi connectivity index (χ4v) is 2.69. The SMILES string of the molecule is COc1cc(/C=C/C(=O)CC(=O)/C=C/c2ccc(O)c(OC(OC)(OC)OC)c2)ccc1O. The first kappa shape index (κ1) is 25.6. The first-order valence-corrected chi connectivity index (χ1v) is 9.72. The molecule has 2 aromatic carbocycles. The minimum atomic E-state index is -1.85.